The summed E-state index contributed by atoms with van der Waals surface area (Å²) in [5.41, 5.74) is 0.682. The molecule has 0 bridgehead atoms. The van der Waals surface area contributed by atoms with Gasteiger partial charge < -0.3 is 9.30 Å². The third kappa shape index (κ3) is 2.55. The number of rotatable bonds is 2. The minimum absolute atomic E-state index is 0.0837. The number of aryl methyl sites for hydroxylation is 2. The van der Waals surface area contributed by atoms with E-state index in [4.69, 9.17) is 4.74 Å². The summed E-state index contributed by atoms with van der Waals surface area (Å²) in [6, 6.07) is 5.58. The van der Waals surface area contributed by atoms with Crippen LogP contribution in [0.1, 0.15) is 5.56 Å². The number of hydrogen-bond acceptors (Lipinski definition) is 3. The quantitative estimate of drug-likeness (QED) is 0.855. The van der Waals surface area contributed by atoms with Crippen molar-refractivity contribution in [2.75, 3.05) is 0 Å². The van der Waals surface area contributed by atoms with Crippen molar-refractivity contribution in [3.05, 3.63) is 51.0 Å². The second-order valence-electron chi connectivity index (χ2n) is 3.66. The summed E-state index contributed by atoms with van der Waals surface area (Å²) in [5.74, 6) is 0.712. The molecule has 0 saturated heterocycles. The Morgan fingerprint density at radius 3 is 2.88 bits per heavy atom. The van der Waals surface area contributed by atoms with E-state index in [1.165, 1.54) is 10.8 Å². The topological polar surface area (TPSA) is 44.1 Å². The summed E-state index contributed by atoms with van der Waals surface area (Å²) in [5, 5.41) is 0. The number of nitrogens with zero attached hydrogens (tertiary/aromatic N) is 2. The molecule has 0 aliphatic rings. The first kappa shape index (κ1) is 11.9. The van der Waals surface area contributed by atoms with Crippen molar-refractivity contribution in [3.63, 3.8) is 0 Å². The molecule has 1 heterocycles. The van der Waals surface area contributed by atoms with Crippen LogP contribution >= 0.6 is 15.9 Å². The molecular weight excluding hydrogens is 284 g/mol. The Bertz CT molecular complexity index is 608. The average molecular weight is 295 g/mol. The summed E-state index contributed by atoms with van der Waals surface area (Å²) in [7, 11) is 1.66. The standard InChI is InChI=1S/C12H11BrN2O2/c1-8-7-9(13)3-4-10(8)17-11-12(16)15(2)6-5-14-11/h3-7H,1-2H3. The fourth-order valence-electron chi connectivity index (χ4n) is 1.38. The van der Waals surface area contributed by atoms with E-state index >= 15 is 0 Å². The van der Waals surface area contributed by atoms with Crippen molar-refractivity contribution in [3.8, 4) is 11.6 Å². The molecule has 0 radical (unpaired) electrons. The highest BCUT2D eigenvalue weighted by atomic mass is 79.9. The monoisotopic (exact) mass is 294 g/mol. The molecule has 0 amide bonds. The van der Waals surface area contributed by atoms with Gasteiger partial charge in [0.1, 0.15) is 5.75 Å². The van der Waals surface area contributed by atoms with E-state index in [0.717, 1.165) is 10.0 Å². The van der Waals surface area contributed by atoms with Crippen LogP contribution in [0.3, 0.4) is 0 Å². The lowest BCUT2D eigenvalue weighted by atomic mass is 10.2. The van der Waals surface area contributed by atoms with Gasteiger partial charge in [-0.3, -0.25) is 4.79 Å². The molecule has 0 aliphatic carbocycles. The van der Waals surface area contributed by atoms with Gasteiger partial charge in [0.05, 0.1) is 0 Å². The van der Waals surface area contributed by atoms with Crippen LogP contribution in [-0.4, -0.2) is 9.55 Å². The molecule has 0 unspecified atom stereocenters. The predicted octanol–water partition coefficient (Wildman–Crippen LogP) is 2.64. The lowest BCUT2D eigenvalue weighted by Crippen LogP contribution is -2.18. The zero-order valence-electron chi connectivity index (χ0n) is 9.48. The largest absolute Gasteiger partial charge is 0.434 e. The van der Waals surface area contributed by atoms with Gasteiger partial charge in [0.15, 0.2) is 0 Å². The van der Waals surface area contributed by atoms with Crippen molar-refractivity contribution >= 4 is 15.9 Å². The molecule has 0 saturated carbocycles. The van der Waals surface area contributed by atoms with Crippen molar-refractivity contribution in [1.29, 1.82) is 0 Å². The molecular formula is C12H11BrN2O2. The van der Waals surface area contributed by atoms with Gasteiger partial charge in [0.25, 0.3) is 5.88 Å². The Labute approximate surface area is 107 Å². The summed E-state index contributed by atoms with van der Waals surface area (Å²) in [6.07, 6.45) is 3.12. The molecule has 4 nitrogen and oxygen atoms in total. The number of halogens is 1. The van der Waals surface area contributed by atoms with Crippen LogP contribution in [0.4, 0.5) is 0 Å². The van der Waals surface area contributed by atoms with E-state index in [1.807, 2.05) is 19.1 Å². The molecule has 0 fully saturated rings. The second-order valence-corrected chi connectivity index (χ2v) is 4.58. The molecule has 0 atom stereocenters. The second kappa shape index (κ2) is 4.71. The van der Waals surface area contributed by atoms with Crippen molar-refractivity contribution in [2.45, 2.75) is 6.92 Å². The first-order valence-corrected chi connectivity index (χ1v) is 5.83. The van der Waals surface area contributed by atoms with Crippen molar-refractivity contribution in [1.82, 2.24) is 9.55 Å². The molecule has 5 heteroatoms. The molecule has 0 spiro atoms. The Kier molecular flexibility index (Phi) is 3.28. The van der Waals surface area contributed by atoms with Gasteiger partial charge in [0.2, 0.25) is 0 Å². The Balaban J connectivity index is 2.38. The molecule has 2 aromatic rings. The molecule has 0 N–H and O–H groups in total. The Morgan fingerprint density at radius 2 is 2.18 bits per heavy atom. The summed E-state index contributed by atoms with van der Waals surface area (Å²) in [4.78, 5) is 15.6. The fourth-order valence-corrected chi connectivity index (χ4v) is 1.85. The molecule has 17 heavy (non-hydrogen) atoms. The van der Waals surface area contributed by atoms with E-state index in [2.05, 4.69) is 20.9 Å². The minimum Gasteiger partial charge on any atom is -0.434 e. The molecule has 0 aliphatic heterocycles. The number of aromatic nitrogens is 2. The van der Waals surface area contributed by atoms with E-state index < -0.39 is 0 Å². The highest BCUT2D eigenvalue weighted by molar-refractivity contribution is 9.10. The van der Waals surface area contributed by atoms with Crippen LogP contribution in [0.5, 0.6) is 11.6 Å². The van der Waals surface area contributed by atoms with Gasteiger partial charge in [-0.05, 0) is 30.7 Å². The maximum atomic E-state index is 11.7. The lowest BCUT2D eigenvalue weighted by Gasteiger charge is -2.08. The van der Waals surface area contributed by atoms with Crippen LogP contribution in [0.25, 0.3) is 0 Å². The van der Waals surface area contributed by atoms with E-state index in [0.29, 0.717) is 5.75 Å². The van der Waals surface area contributed by atoms with Gasteiger partial charge in [-0.15, -0.1) is 0 Å². The highest BCUT2D eigenvalue weighted by Crippen LogP contribution is 2.24. The minimum atomic E-state index is -0.255. The molecule has 88 valence electrons. The van der Waals surface area contributed by atoms with Crippen LogP contribution < -0.4 is 10.3 Å². The van der Waals surface area contributed by atoms with Crippen molar-refractivity contribution in [2.24, 2.45) is 7.05 Å². The van der Waals surface area contributed by atoms with Gasteiger partial charge in [0, 0.05) is 23.9 Å². The third-order valence-electron chi connectivity index (χ3n) is 2.33. The van der Waals surface area contributed by atoms with Gasteiger partial charge in [-0.1, -0.05) is 15.9 Å². The Morgan fingerprint density at radius 1 is 1.41 bits per heavy atom. The average Bonchev–Trinajstić information content (AvgIpc) is 2.28. The summed E-state index contributed by atoms with van der Waals surface area (Å²) >= 11 is 3.37. The smallest absolute Gasteiger partial charge is 0.313 e. The van der Waals surface area contributed by atoms with Crippen LogP contribution in [0.2, 0.25) is 0 Å². The number of ether oxygens (including phenoxy) is 1. The van der Waals surface area contributed by atoms with Crippen LogP contribution in [0.15, 0.2) is 39.9 Å². The maximum Gasteiger partial charge on any atom is 0.313 e. The third-order valence-corrected chi connectivity index (χ3v) is 2.82. The van der Waals surface area contributed by atoms with Crippen LogP contribution in [0, 0.1) is 6.92 Å². The zero-order valence-corrected chi connectivity index (χ0v) is 11.1. The molecule has 1 aromatic carbocycles. The Hall–Kier alpha value is -1.62. The van der Waals surface area contributed by atoms with Gasteiger partial charge >= 0.3 is 5.56 Å². The lowest BCUT2D eigenvalue weighted by molar-refractivity contribution is 0.445. The van der Waals surface area contributed by atoms with E-state index in [1.54, 1.807) is 19.3 Å². The van der Waals surface area contributed by atoms with Gasteiger partial charge in [-0.2, -0.15) is 0 Å². The SMILES string of the molecule is Cc1cc(Br)ccc1Oc1nccn(C)c1=O. The molecule has 1 aromatic heterocycles. The highest BCUT2D eigenvalue weighted by Gasteiger charge is 2.07. The summed E-state index contributed by atoms with van der Waals surface area (Å²) < 4.78 is 7.91. The normalized spacial score (nSPS) is 10.3. The first-order chi connectivity index (χ1) is 8.08. The van der Waals surface area contributed by atoms with E-state index in [9.17, 15) is 4.79 Å². The number of benzene rings is 1. The molecule has 2 rings (SSSR count). The number of hydrogen-bond donors (Lipinski definition) is 0. The van der Waals surface area contributed by atoms with Crippen LogP contribution in [-0.2, 0) is 7.05 Å². The predicted molar refractivity (Wildman–Crippen MR) is 68.4 cm³/mol. The zero-order chi connectivity index (χ0) is 12.4. The fraction of sp³-hybridized carbons (Fsp3) is 0.167. The first-order valence-electron chi connectivity index (χ1n) is 5.03. The van der Waals surface area contributed by atoms with E-state index in [-0.39, 0.29) is 11.4 Å². The summed E-state index contributed by atoms with van der Waals surface area (Å²) in [6.45, 7) is 1.91. The van der Waals surface area contributed by atoms with Crippen molar-refractivity contribution < 1.29 is 4.74 Å². The van der Waals surface area contributed by atoms with Gasteiger partial charge in [-0.25, -0.2) is 4.98 Å². The maximum absolute atomic E-state index is 11.7.